The second-order valence-electron chi connectivity index (χ2n) is 6.69. The lowest BCUT2D eigenvalue weighted by Crippen LogP contribution is -2.30. The summed E-state index contributed by atoms with van der Waals surface area (Å²) >= 11 is 0. The smallest absolute Gasteiger partial charge is 0.252 e. The highest BCUT2D eigenvalue weighted by Gasteiger charge is 2.21. The van der Waals surface area contributed by atoms with E-state index < -0.39 is 0 Å². The van der Waals surface area contributed by atoms with Crippen molar-refractivity contribution in [1.29, 1.82) is 0 Å². The Morgan fingerprint density at radius 3 is 2.50 bits per heavy atom. The fourth-order valence-corrected chi connectivity index (χ4v) is 3.19. The molecule has 1 aromatic heterocycles. The van der Waals surface area contributed by atoms with Crippen LogP contribution in [0.1, 0.15) is 33.4 Å². The van der Waals surface area contributed by atoms with Crippen LogP contribution in [0.25, 0.3) is 11.0 Å². The Balaban J connectivity index is 1.69. The highest BCUT2D eigenvalue weighted by atomic mass is 16.5. The summed E-state index contributed by atoms with van der Waals surface area (Å²) in [6.45, 7) is 2.04. The van der Waals surface area contributed by atoms with Crippen LogP contribution in [0, 0.1) is 6.92 Å². The van der Waals surface area contributed by atoms with Gasteiger partial charge in [0.05, 0.1) is 18.1 Å². The van der Waals surface area contributed by atoms with Crippen LogP contribution in [0.5, 0.6) is 5.75 Å². The molecule has 2 N–H and O–H groups in total. The Morgan fingerprint density at radius 2 is 1.79 bits per heavy atom. The highest BCUT2D eigenvalue weighted by Crippen LogP contribution is 2.24. The van der Waals surface area contributed by atoms with Crippen molar-refractivity contribution in [2.75, 3.05) is 7.11 Å². The van der Waals surface area contributed by atoms with Gasteiger partial charge < -0.3 is 15.0 Å². The number of aryl methyl sites for hydroxylation is 1. The van der Waals surface area contributed by atoms with Gasteiger partial charge in [0.1, 0.15) is 17.6 Å². The van der Waals surface area contributed by atoms with Crippen LogP contribution < -0.4 is 10.1 Å². The number of amides is 1. The molecule has 0 bridgehead atoms. The standard InChI is InChI=1S/C23H21N3O2/c1-15-8-13-19-20(14-15)25-22(24-19)21(16-6-4-3-5-7-16)26-23(27)17-9-11-18(28-2)12-10-17/h3-14,21H,1-2H3,(H,24,25)(H,26,27). The number of ether oxygens (including phenoxy) is 1. The van der Waals surface area contributed by atoms with Gasteiger partial charge in [0.2, 0.25) is 0 Å². The van der Waals surface area contributed by atoms with Gasteiger partial charge in [-0.1, -0.05) is 36.4 Å². The van der Waals surface area contributed by atoms with Gasteiger partial charge in [-0.15, -0.1) is 0 Å². The summed E-state index contributed by atoms with van der Waals surface area (Å²) in [5.74, 6) is 1.24. The monoisotopic (exact) mass is 371 g/mol. The molecule has 1 unspecified atom stereocenters. The van der Waals surface area contributed by atoms with Crippen LogP contribution in [0.3, 0.4) is 0 Å². The van der Waals surface area contributed by atoms with Crippen molar-refractivity contribution in [3.8, 4) is 5.75 Å². The summed E-state index contributed by atoms with van der Waals surface area (Å²) in [5, 5.41) is 3.11. The van der Waals surface area contributed by atoms with Crippen molar-refractivity contribution in [2.45, 2.75) is 13.0 Å². The maximum atomic E-state index is 12.9. The van der Waals surface area contributed by atoms with Crippen LogP contribution in [0.4, 0.5) is 0 Å². The summed E-state index contributed by atoms with van der Waals surface area (Å²) in [6.07, 6.45) is 0. The zero-order valence-electron chi connectivity index (χ0n) is 15.8. The number of methoxy groups -OCH3 is 1. The van der Waals surface area contributed by atoms with Crippen LogP contribution in [0.15, 0.2) is 72.8 Å². The predicted molar refractivity (Wildman–Crippen MR) is 110 cm³/mol. The van der Waals surface area contributed by atoms with Crippen molar-refractivity contribution < 1.29 is 9.53 Å². The largest absolute Gasteiger partial charge is 0.497 e. The van der Waals surface area contributed by atoms with E-state index in [4.69, 9.17) is 9.72 Å². The first-order valence-electron chi connectivity index (χ1n) is 9.10. The first kappa shape index (κ1) is 17.8. The van der Waals surface area contributed by atoms with Crippen molar-refractivity contribution in [3.05, 3.63) is 95.3 Å². The van der Waals surface area contributed by atoms with Crippen LogP contribution in [-0.4, -0.2) is 23.0 Å². The Kier molecular flexibility index (Phi) is 4.81. The molecule has 0 radical (unpaired) electrons. The Labute approximate surface area is 163 Å². The fourth-order valence-electron chi connectivity index (χ4n) is 3.19. The number of H-pyrrole nitrogens is 1. The molecule has 0 spiro atoms. The molecule has 3 aromatic carbocycles. The molecule has 0 aliphatic carbocycles. The summed E-state index contributed by atoms with van der Waals surface area (Å²) in [5.41, 5.74) is 4.50. The second kappa shape index (κ2) is 7.56. The molecule has 0 aliphatic rings. The normalized spacial score (nSPS) is 11.9. The number of fused-ring (bicyclic) bond motifs is 1. The van der Waals surface area contributed by atoms with Crippen molar-refractivity contribution in [2.24, 2.45) is 0 Å². The minimum Gasteiger partial charge on any atom is -0.497 e. The van der Waals surface area contributed by atoms with Crippen molar-refractivity contribution in [1.82, 2.24) is 15.3 Å². The number of nitrogens with zero attached hydrogens (tertiary/aromatic N) is 1. The number of hydrogen-bond acceptors (Lipinski definition) is 3. The van der Waals surface area contributed by atoms with E-state index in [1.165, 1.54) is 0 Å². The molecule has 0 fully saturated rings. The highest BCUT2D eigenvalue weighted by molar-refractivity contribution is 5.94. The SMILES string of the molecule is COc1ccc(C(=O)NC(c2ccccc2)c2nc3ccc(C)cc3[nH]2)cc1. The summed E-state index contributed by atoms with van der Waals surface area (Å²) in [4.78, 5) is 21.0. The van der Waals surface area contributed by atoms with Gasteiger partial charge >= 0.3 is 0 Å². The number of imidazole rings is 1. The van der Waals surface area contributed by atoms with Gasteiger partial charge in [0.25, 0.3) is 5.91 Å². The second-order valence-corrected chi connectivity index (χ2v) is 6.69. The van der Waals surface area contributed by atoms with Gasteiger partial charge in [-0.05, 0) is 54.4 Å². The van der Waals surface area contributed by atoms with Gasteiger partial charge in [-0.3, -0.25) is 4.79 Å². The molecule has 1 amide bonds. The van der Waals surface area contributed by atoms with E-state index in [0.717, 1.165) is 22.2 Å². The van der Waals surface area contributed by atoms with E-state index in [-0.39, 0.29) is 11.9 Å². The fraction of sp³-hybridized carbons (Fsp3) is 0.130. The zero-order valence-corrected chi connectivity index (χ0v) is 15.8. The molecule has 1 atom stereocenters. The summed E-state index contributed by atoms with van der Waals surface area (Å²) in [6, 6.07) is 22.6. The first-order valence-corrected chi connectivity index (χ1v) is 9.10. The third-order valence-corrected chi connectivity index (χ3v) is 4.69. The summed E-state index contributed by atoms with van der Waals surface area (Å²) in [7, 11) is 1.60. The van der Waals surface area contributed by atoms with E-state index in [1.54, 1.807) is 31.4 Å². The van der Waals surface area contributed by atoms with Gasteiger partial charge in [-0.2, -0.15) is 0 Å². The Hall–Kier alpha value is -3.60. The molecular weight excluding hydrogens is 350 g/mol. The van der Waals surface area contributed by atoms with Gasteiger partial charge in [0.15, 0.2) is 0 Å². The third kappa shape index (κ3) is 3.60. The molecule has 140 valence electrons. The van der Waals surface area contributed by atoms with E-state index in [1.807, 2.05) is 49.4 Å². The molecule has 28 heavy (non-hydrogen) atoms. The van der Waals surface area contributed by atoms with Crippen molar-refractivity contribution >= 4 is 16.9 Å². The van der Waals surface area contributed by atoms with E-state index in [9.17, 15) is 4.79 Å². The molecule has 5 heteroatoms. The number of hydrogen-bond donors (Lipinski definition) is 2. The number of nitrogens with one attached hydrogen (secondary N) is 2. The third-order valence-electron chi connectivity index (χ3n) is 4.69. The summed E-state index contributed by atoms with van der Waals surface area (Å²) < 4.78 is 5.17. The van der Waals surface area contributed by atoms with Crippen LogP contribution >= 0.6 is 0 Å². The molecule has 4 aromatic rings. The lowest BCUT2D eigenvalue weighted by Gasteiger charge is -2.17. The van der Waals surface area contributed by atoms with Crippen molar-refractivity contribution in [3.63, 3.8) is 0 Å². The number of benzene rings is 3. The minimum atomic E-state index is -0.386. The predicted octanol–water partition coefficient (Wildman–Crippen LogP) is 4.40. The number of rotatable bonds is 5. The Morgan fingerprint density at radius 1 is 1.04 bits per heavy atom. The quantitative estimate of drug-likeness (QED) is 0.546. The molecule has 4 rings (SSSR count). The molecule has 0 aliphatic heterocycles. The van der Waals surface area contributed by atoms with Gasteiger partial charge in [-0.25, -0.2) is 4.98 Å². The number of aromatic nitrogens is 2. The molecule has 1 heterocycles. The topological polar surface area (TPSA) is 67.0 Å². The minimum absolute atomic E-state index is 0.173. The number of carbonyl (C=O) groups is 1. The number of carbonyl (C=O) groups excluding carboxylic acids is 1. The first-order chi connectivity index (χ1) is 13.6. The van der Waals surface area contributed by atoms with E-state index in [0.29, 0.717) is 17.1 Å². The average Bonchev–Trinajstić information content (AvgIpc) is 3.15. The van der Waals surface area contributed by atoms with Crippen LogP contribution in [-0.2, 0) is 0 Å². The number of aromatic amines is 1. The van der Waals surface area contributed by atoms with E-state index >= 15 is 0 Å². The van der Waals surface area contributed by atoms with Gasteiger partial charge in [0, 0.05) is 5.56 Å². The molecule has 0 saturated heterocycles. The molecule has 0 saturated carbocycles. The Bertz CT molecular complexity index is 1100. The maximum Gasteiger partial charge on any atom is 0.252 e. The molecule has 5 nitrogen and oxygen atoms in total. The maximum absolute atomic E-state index is 12.9. The van der Waals surface area contributed by atoms with Crippen LogP contribution in [0.2, 0.25) is 0 Å². The average molecular weight is 371 g/mol. The van der Waals surface area contributed by atoms with E-state index in [2.05, 4.69) is 16.4 Å². The molecular formula is C23H21N3O2. The zero-order chi connectivity index (χ0) is 19.5. The lowest BCUT2D eigenvalue weighted by molar-refractivity contribution is 0.0941. The lowest BCUT2D eigenvalue weighted by atomic mass is 10.1.